The Bertz CT molecular complexity index is 1300. The van der Waals surface area contributed by atoms with E-state index in [0.717, 1.165) is 33.4 Å². The summed E-state index contributed by atoms with van der Waals surface area (Å²) in [6.07, 6.45) is 1.82. The average Bonchev–Trinajstić information content (AvgIpc) is 3.12. The van der Waals surface area contributed by atoms with Crippen LogP contribution in [0.4, 0.5) is 4.39 Å². The molecule has 0 aliphatic carbocycles. The third-order valence-corrected chi connectivity index (χ3v) is 6.08. The van der Waals surface area contributed by atoms with E-state index in [1.165, 1.54) is 5.56 Å². The van der Waals surface area contributed by atoms with Gasteiger partial charge >= 0.3 is 0 Å². The molecule has 3 nitrogen and oxygen atoms in total. The smallest absolute Gasteiger partial charge is 0.146 e. The summed E-state index contributed by atoms with van der Waals surface area (Å²) in [6, 6.07) is 15.7. The van der Waals surface area contributed by atoms with Crippen LogP contribution in [0.5, 0.6) is 0 Å². The monoisotopic (exact) mass is 464 g/mol. The summed E-state index contributed by atoms with van der Waals surface area (Å²) in [5.74, 6) is -0.389. The molecule has 5 heteroatoms. The highest BCUT2D eigenvalue weighted by Gasteiger charge is 2.25. The van der Waals surface area contributed by atoms with Gasteiger partial charge in [0.05, 0.1) is 23.3 Å². The van der Waals surface area contributed by atoms with E-state index in [4.69, 9.17) is 21.3 Å². The second-order valence-corrected chi connectivity index (χ2v) is 10.0. The Kier molecular flexibility index (Phi) is 6.35. The van der Waals surface area contributed by atoms with E-state index in [1.807, 2.05) is 17.7 Å². The van der Waals surface area contributed by atoms with Gasteiger partial charge in [-0.1, -0.05) is 53.6 Å². The molecule has 2 aromatic heterocycles. The summed E-state index contributed by atoms with van der Waals surface area (Å²) < 4.78 is 22.9. The van der Waals surface area contributed by atoms with Gasteiger partial charge in [-0.15, -0.1) is 0 Å². The Hall–Kier alpha value is -2.69. The quantitative estimate of drug-likeness (QED) is 0.299. The van der Waals surface area contributed by atoms with Gasteiger partial charge in [-0.25, -0.2) is 9.37 Å². The molecule has 2 heterocycles. The highest BCUT2D eigenvalue weighted by molar-refractivity contribution is 6.30. The number of rotatable bonds is 5. The number of pyridine rings is 1. The number of fused-ring (bicyclic) bond motifs is 1. The Labute approximate surface area is 200 Å². The van der Waals surface area contributed by atoms with Gasteiger partial charge in [-0.3, -0.25) is 0 Å². The van der Waals surface area contributed by atoms with Crippen LogP contribution in [0.1, 0.15) is 56.2 Å². The van der Waals surface area contributed by atoms with Crippen molar-refractivity contribution in [1.82, 2.24) is 9.55 Å². The van der Waals surface area contributed by atoms with E-state index in [-0.39, 0.29) is 22.5 Å². The topological polar surface area (TPSA) is 27.1 Å². The lowest BCUT2D eigenvalue weighted by molar-refractivity contribution is -0.0530. The molecular formula is C28H30ClFN2O. The molecule has 1 atom stereocenters. The van der Waals surface area contributed by atoms with Crippen molar-refractivity contribution in [2.24, 2.45) is 0 Å². The van der Waals surface area contributed by atoms with Gasteiger partial charge in [0.25, 0.3) is 0 Å². The minimum absolute atomic E-state index is 0.129. The minimum atomic E-state index is -0.389. The Morgan fingerprint density at radius 1 is 1.06 bits per heavy atom. The third kappa shape index (κ3) is 4.83. The van der Waals surface area contributed by atoms with Crippen LogP contribution in [0.2, 0.25) is 5.02 Å². The molecular weight excluding hydrogens is 435 g/mol. The molecule has 0 bridgehead atoms. The van der Waals surface area contributed by atoms with Crippen LogP contribution in [0, 0.1) is 19.7 Å². The van der Waals surface area contributed by atoms with Gasteiger partial charge in [-0.05, 0) is 59.2 Å². The molecule has 33 heavy (non-hydrogen) atoms. The number of nitrogens with zero attached hydrogens (tertiary/aromatic N) is 2. The van der Waals surface area contributed by atoms with Gasteiger partial charge in [0.2, 0.25) is 0 Å². The van der Waals surface area contributed by atoms with Gasteiger partial charge in [0, 0.05) is 34.0 Å². The van der Waals surface area contributed by atoms with Crippen molar-refractivity contribution < 1.29 is 9.13 Å². The van der Waals surface area contributed by atoms with Crippen LogP contribution < -0.4 is 0 Å². The fraction of sp³-hybridized carbons (Fsp3) is 0.321. The van der Waals surface area contributed by atoms with Crippen molar-refractivity contribution in [3.63, 3.8) is 0 Å². The van der Waals surface area contributed by atoms with Gasteiger partial charge < -0.3 is 9.30 Å². The molecule has 0 saturated heterocycles. The fourth-order valence-electron chi connectivity index (χ4n) is 4.43. The fourth-order valence-corrected chi connectivity index (χ4v) is 4.62. The van der Waals surface area contributed by atoms with Crippen molar-refractivity contribution in [2.45, 2.75) is 59.8 Å². The zero-order chi connectivity index (χ0) is 23.9. The van der Waals surface area contributed by atoms with Crippen molar-refractivity contribution in [3.8, 4) is 11.1 Å². The second kappa shape index (κ2) is 8.92. The summed E-state index contributed by atoms with van der Waals surface area (Å²) in [5.41, 5.74) is 6.46. The Morgan fingerprint density at radius 3 is 2.42 bits per heavy atom. The molecule has 2 aromatic carbocycles. The maximum absolute atomic E-state index is 14.6. The lowest BCUT2D eigenvalue weighted by Gasteiger charge is -2.28. The van der Waals surface area contributed by atoms with Crippen molar-refractivity contribution in [1.29, 1.82) is 0 Å². The zero-order valence-electron chi connectivity index (χ0n) is 20.0. The summed E-state index contributed by atoms with van der Waals surface area (Å²) in [7, 11) is 0. The number of ether oxygens (including phenoxy) is 1. The molecule has 1 unspecified atom stereocenters. The normalized spacial score (nSPS) is 13.0. The molecule has 172 valence electrons. The molecule has 4 aromatic rings. The van der Waals surface area contributed by atoms with E-state index in [1.54, 1.807) is 18.2 Å². The zero-order valence-corrected chi connectivity index (χ0v) is 20.8. The average molecular weight is 465 g/mol. The first kappa shape index (κ1) is 23.5. The molecule has 0 N–H and O–H groups in total. The second-order valence-electron chi connectivity index (χ2n) is 9.62. The summed E-state index contributed by atoms with van der Waals surface area (Å²) in [5, 5.41) is 1.15. The maximum Gasteiger partial charge on any atom is 0.146 e. The summed E-state index contributed by atoms with van der Waals surface area (Å²) in [6.45, 7) is 12.7. The molecule has 0 aliphatic heterocycles. The first-order valence-corrected chi connectivity index (χ1v) is 11.6. The molecule has 0 amide bonds. The van der Waals surface area contributed by atoms with E-state index in [9.17, 15) is 4.39 Å². The maximum atomic E-state index is 14.6. The number of hydrogen-bond acceptors (Lipinski definition) is 2. The lowest BCUT2D eigenvalue weighted by atomic mass is 9.92. The summed E-state index contributed by atoms with van der Waals surface area (Å²) in [4.78, 5) is 4.97. The molecule has 0 radical (unpaired) electrons. The molecule has 0 aliphatic rings. The SMILES string of the molecule is Cc1ccc(-c2c(C(C)OC(C)(C)C)c(C)nc3c2ccn3Cc2cccc(Cl)c2F)cc1. The first-order valence-electron chi connectivity index (χ1n) is 11.2. The van der Waals surface area contributed by atoms with Crippen LogP contribution >= 0.6 is 11.6 Å². The van der Waals surface area contributed by atoms with Gasteiger partial charge in [0.1, 0.15) is 11.5 Å². The molecule has 0 saturated carbocycles. The summed E-state index contributed by atoms with van der Waals surface area (Å²) >= 11 is 6.01. The van der Waals surface area contributed by atoms with E-state index in [0.29, 0.717) is 12.1 Å². The van der Waals surface area contributed by atoms with Gasteiger partial charge in [0.15, 0.2) is 0 Å². The van der Waals surface area contributed by atoms with Gasteiger partial charge in [-0.2, -0.15) is 0 Å². The highest BCUT2D eigenvalue weighted by Crippen LogP contribution is 2.39. The Balaban J connectivity index is 1.92. The molecule has 0 fully saturated rings. The number of hydrogen-bond donors (Lipinski definition) is 0. The molecule has 0 spiro atoms. The van der Waals surface area contributed by atoms with Crippen molar-refractivity contribution in [3.05, 3.63) is 88.0 Å². The highest BCUT2D eigenvalue weighted by atomic mass is 35.5. The van der Waals surface area contributed by atoms with Crippen LogP contribution in [-0.2, 0) is 11.3 Å². The predicted octanol–water partition coefficient (Wildman–Crippen LogP) is 8.04. The van der Waals surface area contributed by atoms with E-state index in [2.05, 4.69) is 65.0 Å². The third-order valence-electron chi connectivity index (χ3n) is 5.79. The largest absolute Gasteiger partial charge is 0.368 e. The Morgan fingerprint density at radius 2 is 1.76 bits per heavy atom. The number of benzene rings is 2. The van der Waals surface area contributed by atoms with Crippen LogP contribution in [-0.4, -0.2) is 15.2 Å². The number of aryl methyl sites for hydroxylation is 2. The van der Waals surface area contributed by atoms with Crippen LogP contribution in [0.15, 0.2) is 54.7 Å². The standard InChI is InChI=1S/C28H30ClFN2O/c1-17-10-12-20(13-11-17)25-22-14-15-32(16-21-8-7-9-23(29)26(21)30)27(22)31-18(2)24(25)19(3)33-28(4,5)6/h7-15,19H,16H2,1-6H3. The predicted molar refractivity (Wildman–Crippen MR) is 134 cm³/mol. The van der Waals surface area contributed by atoms with Crippen molar-refractivity contribution in [2.75, 3.05) is 0 Å². The van der Waals surface area contributed by atoms with Crippen LogP contribution in [0.3, 0.4) is 0 Å². The minimum Gasteiger partial charge on any atom is -0.368 e. The molecule has 4 rings (SSSR count). The van der Waals surface area contributed by atoms with E-state index >= 15 is 0 Å². The number of aromatic nitrogens is 2. The van der Waals surface area contributed by atoms with Crippen LogP contribution in [0.25, 0.3) is 22.2 Å². The van der Waals surface area contributed by atoms with E-state index < -0.39 is 0 Å². The van der Waals surface area contributed by atoms with Crippen molar-refractivity contribution >= 4 is 22.6 Å². The number of halogens is 2. The first-order chi connectivity index (χ1) is 15.5. The lowest BCUT2D eigenvalue weighted by Crippen LogP contribution is -2.22.